The summed E-state index contributed by atoms with van der Waals surface area (Å²) in [5.41, 5.74) is 0.915. The number of rotatable bonds is 4. The first-order valence-electron chi connectivity index (χ1n) is 5.85. The maximum atomic E-state index is 12.4. The Bertz CT molecular complexity index is 609. The number of ether oxygens (including phenoxy) is 1. The summed E-state index contributed by atoms with van der Waals surface area (Å²) in [5.74, 6) is 0.487. The number of hydrogen-bond acceptors (Lipinski definition) is 2. The molecule has 0 bridgehead atoms. The first kappa shape index (κ1) is 13.9. The molecule has 2 nitrogen and oxygen atoms in total. The Morgan fingerprint density at radius 2 is 1.89 bits per heavy atom. The monoisotopic (exact) mass is 294 g/mol. The van der Waals surface area contributed by atoms with E-state index < -0.39 is 0 Å². The number of benzene rings is 2. The molecule has 2 aromatic carbocycles. The molecule has 0 saturated carbocycles. The Morgan fingerprint density at radius 3 is 2.63 bits per heavy atom. The summed E-state index contributed by atoms with van der Waals surface area (Å²) < 4.78 is 5.38. The van der Waals surface area contributed by atoms with Crippen LogP contribution in [-0.2, 0) is 0 Å². The average molecular weight is 295 g/mol. The van der Waals surface area contributed by atoms with Gasteiger partial charge in [-0.25, -0.2) is 0 Å². The summed E-state index contributed by atoms with van der Waals surface area (Å²) in [7, 11) is 0. The highest BCUT2D eigenvalue weighted by atomic mass is 35.5. The van der Waals surface area contributed by atoms with Crippen LogP contribution >= 0.6 is 23.2 Å². The van der Waals surface area contributed by atoms with Gasteiger partial charge in [0.05, 0.1) is 16.7 Å². The Morgan fingerprint density at radius 1 is 1.16 bits per heavy atom. The fraction of sp³-hybridized carbons (Fsp3) is 0.133. The van der Waals surface area contributed by atoms with Gasteiger partial charge in [0.1, 0.15) is 5.75 Å². The summed E-state index contributed by atoms with van der Waals surface area (Å²) in [4.78, 5) is 12.4. The van der Waals surface area contributed by atoms with Crippen molar-refractivity contribution in [1.29, 1.82) is 0 Å². The maximum absolute atomic E-state index is 12.4. The zero-order chi connectivity index (χ0) is 13.8. The molecule has 19 heavy (non-hydrogen) atoms. The predicted octanol–water partition coefficient (Wildman–Crippen LogP) is 4.62. The number of ketones is 1. The quantitative estimate of drug-likeness (QED) is 0.769. The van der Waals surface area contributed by atoms with Gasteiger partial charge >= 0.3 is 0 Å². The largest absolute Gasteiger partial charge is 0.494 e. The fourth-order valence-electron chi connectivity index (χ4n) is 1.73. The second kappa shape index (κ2) is 6.09. The van der Waals surface area contributed by atoms with Crippen LogP contribution in [0.5, 0.6) is 5.75 Å². The lowest BCUT2D eigenvalue weighted by atomic mass is 10.0. The lowest BCUT2D eigenvalue weighted by Crippen LogP contribution is -2.03. The highest BCUT2D eigenvalue weighted by molar-refractivity contribution is 6.44. The first-order chi connectivity index (χ1) is 9.13. The van der Waals surface area contributed by atoms with Gasteiger partial charge < -0.3 is 4.74 Å². The van der Waals surface area contributed by atoms with Crippen LogP contribution in [0, 0.1) is 0 Å². The van der Waals surface area contributed by atoms with Gasteiger partial charge in [0.15, 0.2) is 5.78 Å². The van der Waals surface area contributed by atoms with E-state index in [1.807, 2.05) is 6.92 Å². The summed E-state index contributed by atoms with van der Waals surface area (Å²) in [6, 6.07) is 12.0. The van der Waals surface area contributed by atoms with Crippen molar-refractivity contribution in [2.24, 2.45) is 0 Å². The van der Waals surface area contributed by atoms with E-state index in [0.717, 1.165) is 0 Å². The summed E-state index contributed by atoms with van der Waals surface area (Å²) >= 11 is 12.0. The fourth-order valence-corrected chi connectivity index (χ4v) is 2.11. The molecule has 0 spiro atoms. The van der Waals surface area contributed by atoms with Crippen molar-refractivity contribution in [3.05, 3.63) is 63.6 Å². The molecular weight excluding hydrogens is 283 g/mol. The van der Waals surface area contributed by atoms with Gasteiger partial charge in [-0.3, -0.25) is 4.79 Å². The molecule has 0 fully saturated rings. The highest BCUT2D eigenvalue weighted by Gasteiger charge is 2.15. The molecule has 0 saturated heterocycles. The Hall–Kier alpha value is -1.51. The third-order valence-corrected chi connectivity index (χ3v) is 3.42. The minimum atomic E-state index is -0.172. The van der Waals surface area contributed by atoms with E-state index in [2.05, 4.69) is 0 Å². The van der Waals surface area contributed by atoms with Crippen LogP contribution < -0.4 is 4.74 Å². The molecule has 0 aliphatic carbocycles. The Kier molecular flexibility index (Phi) is 4.46. The van der Waals surface area contributed by atoms with Crippen LogP contribution in [-0.4, -0.2) is 12.4 Å². The van der Waals surface area contributed by atoms with Crippen LogP contribution in [0.25, 0.3) is 0 Å². The molecule has 0 N–H and O–H groups in total. The minimum absolute atomic E-state index is 0.172. The molecule has 0 aliphatic heterocycles. The molecule has 0 amide bonds. The van der Waals surface area contributed by atoms with Crippen molar-refractivity contribution < 1.29 is 9.53 Å². The van der Waals surface area contributed by atoms with E-state index in [1.54, 1.807) is 42.5 Å². The zero-order valence-electron chi connectivity index (χ0n) is 10.3. The number of carbonyl (C=O) groups is 1. The van der Waals surface area contributed by atoms with Gasteiger partial charge in [0, 0.05) is 11.1 Å². The second-order valence-corrected chi connectivity index (χ2v) is 4.68. The molecule has 0 aromatic heterocycles. The molecule has 0 heterocycles. The molecule has 0 atom stereocenters. The molecule has 4 heteroatoms. The number of hydrogen-bond donors (Lipinski definition) is 0. The lowest BCUT2D eigenvalue weighted by Gasteiger charge is -2.07. The molecule has 98 valence electrons. The maximum Gasteiger partial charge on any atom is 0.194 e. The molecule has 0 radical (unpaired) electrons. The second-order valence-electron chi connectivity index (χ2n) is 3.89. The van der Waals surface area contributed by atoms with Crippen molar-refractivity contribution in [3.8, 4) is 5.75 Å². The first-order valence-corrected chi connectivity index (χ1v) is 6.60. The van der Waals surface area contributed by atoms with Crippen molar-refractivity contribution in [1.82, 2.24) is 0 Å². The summed E-state index contributed by atoms with van der Waals surface area (Å²) in [5, 5.41) is 0.643. The summed E-state index contributed by atoms with van der Waals surface area (Å²) in [6.45, 7) is 2.44. The van der Waals surface area contributed by atoms with Gasteiger partial charge in [-0.15, -0.1) is 0 Å². The molecule has 2 rings (SSSR count). The van der Waals surface area contributed by atoms with Crippen molar-refractivity contribution >= 4 is 29.0 Å². The third-order valence-electron chi connectivity index (χ3n) is 2.60. The van der Waals surface area contributed by atoms with Gasteiger partial charge in [-0.1, -0.05) is 41.4 Å². The van der Waals surface area contributed by atoms with E-state index in [0.29, 0.717) is 28.5 Å². The molecular formula is C15H12Cl2O2. The van der Waals surface area contributed by atoms with Gasteiger partial charge in [-0.2, -0.15) is 0 Å². The van der Waals surface area contributed by atoms with E-state index in [1.165, 1.54) is 0 Å². The smallest absolute Gasteiger partial charge is 0.194 e. The molecule has 0 aliphatic rings. The highest BCUT2D eigenvalue weighted by Crippen LogP contribution is 2.28. The Balaban J connectivity index is 2.38. The van der Waals surface area contributed by atoms with Gasteiger partial charge in [-0.05, 0) is 31.2 Å². The number of halogens is 2. The van der Waals surface area contributed by atoms with Crippen molar-refractivity contribution in [2.45, 2.75) is 6.92 Å². The van der Waals surface area contributed by atoms with E-state index in [9.17, 15) is 4.79 Å². The van der Waals surface area contributed by atoms with E-state index in [4.69, 9.17) is 27.9 Å². The molecule has 0 unspecified atom stereocenters. The minimum Gasteiger partial charge on any atom is -0.494 e. The van der Waals surface area contributed by atoms with Crippen LogP contribution in [0.2, 0.25) is 10.0 Å². The van der Waals surface area contributed by atoms with E-state index >= 15 is 0 Å². The number of carbonyl (C=O) groups excluding carboxylic acids is 1. The van der Waals surface area contributed by atoms with Crippen LogP contribution in [0.4, 0.5) is 0 Å². The SMILES string of the molecule is CCOc1cccc(C(=O)c2cccc(Cl)c2Cl)c1. The standard InChI is InChI=1S/C15H12Cl2O2/c1-2-19-11-6-3-5-10(9-11)15(18)12-7-4-8-13(16)14(12)17/h3-9H,2H2,1H3. The van der Waals surface area contributed by atoms with Crippen molar-refractivity contribution in [2.75, 3.05) is 6.61 Å². The van der Waals surface area contributed by atoms with Gasteiger partial charge in [0.25, 0.3) is 0 Å². The topological polar surface area (TPSA) is 26.3 Å². The van der Waals surface area contributed by atoms with E-state index in [-0.39, 0.29) is 10.8 Å². The summed E-state index contributed by atoms with van der Waals surface area (Å²) in [6.07, 6.45) is 0. The van der Waals surface area contributed by atoms with Gasteiger partial charge in [0.2, 0.25) is 0 Å². The lowest BCUT2D eigenvalue weighted by molar-refractivity contribution is 0.103. The Labute approximate surface area is 121 Å². The van der Waals surface area contributed by atoms with Crippen molar-refractivity contribution in [3.63, 3.8) is 0 Å². The average Bonchev–Trinajstić information content (AvgIpc) is 2.42. The molecule has 2 aromatic rings. The van der Waals surface area contributed by atoms with Crippen LogP contribution in [0.3, 0.4) is 0 Å². The third kappa shape index (κ3) is 3.09. The van der Waals surface area contributed by atoms with Crippen LogP contribution in [0.15, 0.2) is 42.5 Å². The predicted molar refractivity (Wildman–Crippen MR) is 77.5 cm³/mol. The normalized spacial score (nSPS) is 10.3. The van der Waals surface area contributed by atoms with Crippen LogP contribution in [0.1, 0.15) is 22.8 Å². The zero-order valence-corrected chi connectivity index (χ0v) is 11.8.